The van der Waals surface area contributed by atoms with Gasteiger partial charge >= 0.3 is 295 Å². The molecule has 0 saturated heterocycles. The smallest absolute Gasteiger partial charge is 1.00 e. The van der Waals surface area contributed by atoms with Crippen molar-refractivity contribution in [2.24, 2.45) is 29.1 Å². The van der Waals surface area contributed by atoms with Gasteiger partial charge in [-0.05, 0) is 0 Å². The summed E-state index contributed by atoms with van der Waals surface area (Å²) in [4.78, 5) is 0. The molecule has 0 N–H and O–H groups in total. The molecule has 1 unspecified atom stereocenters. The number of fused-ring (bicyclic) bond motifs is 3. The van der Waals surface area contributed by atoms with Gasteiger partial charge in [0, 0.05) is 0 Å². The van der Waals surface area contributed by atoms with Crippen molar-refractivity contribution >= 4 is 6.98 Å². The second-order valence-corrected chi connectivity index (χ2v) is 23.9. The molecule has 6 aliphatic rings. The van der Waals surface area contributed by atoms with E-state index in [9.17, 15) is 0 Å². The first kappa shape index (κ1) is 37.2. The van der Waals surface area contributed by atoms with Crippen LogP contribution in [-0.2, 0) is 38.5 Å². The maximum atomic E-state index is 2.83. The zero-order valence-corrected chi connectivity index (χ0v) is 35.1. The number of hydrogen-bond acceptors (Lipinski definition) is 0. The molecule has 4 fully saturated rings. The van der Waals surface area contributed by atoms with Gasteiger partial charge in [0.2, 0.25) is 0 Å². The molecule has 0 heterocycles. The number of rotatable bonds is 5. The second kappa shape index (κ2) is 13.5. The Kier molecular flexibility index (Phi) is 10.2. The van der Waals surface area contributed by atoms with Gasteiger partial charge < -0.3 is 24.8 Å². The van der Waals surface area contributed by atoms with Gasteiger partial charge in [-0.2, -0.15) is 0 Å². The van der Waals surface area contributed by atoms with Crippen molar-refractivity contribution in [3.8, 4) is 11.1 Å². The van der Waals surface area contributed by atoms with E-state index in [0.717, 1.165) is 24.2 Å². The Morgan fingerprint density at radius 2 is 1.39 bits per heavy atom. The van der Waals surface area contributed by atoms with Gasteiger partial charge in [-0.3, -0.25) is 0 Å². The van der Waals surface area contributed by atoms with Crippen molar-refractivity contribution in [3.63, 3.8) is 0 Å². The van der Waals surface area contributed by atoms with Gasteiger partial charge in [-0.15, -0.1) is 0 Å². The zero-order valence-electron chi connectivity index (χ0n) is 31.2. The van der Waals surface area contributed by atoms with Gasteiger partial charge in [-0.1, -0.05) is 0 Å². The van der Waals surface area contributed by atoms with Crippen LogP contribution in [0.15, 0.2) is 81.2 Å². The minimum atomic E-state index is -2.62. The summed E-state index contributed by atoms with van der Waals surface area (Å²) < 4.78 is 6.45. The summed E-state index contributed by atoms with van der Waals surface area (Å²) in [5, 5.41) is 0. The van der Waals surface area contributed by atoms with Crippen LogP contribution in [0.3, 0.4) is 0 Å². The van der Waals surface area contributed by atoms with Crippen molar-refractivity contribution in [3.05, 3.63) is 109 Å². The van der Waals surface area contributed by atoms with E-state index in [1.165, 1.54) is 72.8 Å². The van der Waals surface area contributed by atoms with Crippen LogP contribution in [0, 0.1) is 29.1 Å². The van der Waals surface area contributed by atoms with Crippen LogP contribution >= 0.6 is 0 Å². The molecule has 6 aliphatic carbocycles. The molecule has 0 aliphatic heterocycles. The summed E-state index contributed by atoms with van der Waals surface area (Å²) in [6, 6.07) is 23.8. The van der Waals surface area contributed by atoms with E-state index >= 15 is 0 Å². The van der Waals surface area contributed by atoms with Crippen molar-refractivity contribution in [1.29, 1.82) is 0 Å². The molecule has 1 atom stereocenters. The van der Waals surface area contributed by atoms with E-state index in [-0.39, 0.29) is 35.6 Å². The van der Waals surface area contributed by atoms with Crippen LogP contribution in [0.1, 0.15) is 128 Å². The van der Waals surface area contributed by atoms with Gasteiger partial charge in [0.05, 0.1) is 0 Å². The largest absolute Gasteiger partial charge is 1.00 e. The third-order valence-corrected chi connectivity index (χ3v) is 20.7. The van der Waals surface area contributed by atoms with Crippen molar-refractivity contribution in [2.75, 3.05) is 0 Å². The average molecular weight is 771 g/mol. The van der Waals surface area contributed by atoms with E-state index in [1.807, 2.05) is 3.28 Å². The summed E-state index contributed by atoms with van der Waals surface area (Å²) in [5.41, 5.74) is 14.9. The minimum Gasteiger partial charge on any atom is -1.00 e. The number of benzene rings is 3. The Morgan fingerprint density at radius 1 is 0.776 bits per heavy atom. The molecule has 3 aromatic rings. The van der Waals surface area contributed by atoms with Gasteiger partial charge in [0.1, 0.15) is 0 Å². The average Bonchev–Trinajstić information content (AvgIpc) is 3.49. The van der Waals surface area contributed by atoms with Gasteiger partial charge in [0.25, 0.3) is 0 Å². The first-order chi connectivity index (χ1) is 22.3. The molecule has 258 valence electrons. The fourth-order valence-corrected chi connectivity index (χ4v) is 19.9. The summed E-state index contributed by atoms with van der Waals surface area (Å²) in [6.45, 7) is 19.5. The fourth-order valence-electron chi connectivity index (χ4n) is 11.3. The third-order valence-electron chi connectivity index (χ3n) is 12.9. The van der Waals surface area contributed by atoms with Crippen LogP contribution in [0.2, 0.25) is 0 Å². The summed E-state index contributed by atoms with van der Waals surface area (Å²) in [6.07, 6.45) is 14.3. The topological polar surface area (TPSA) is 0 Å². The normalized spacial score (nSPS) is 26.7. The molecule has 9 rings (SSSR count). The Bertz CT molecular complexity index is 1810. The van der Waals surface area contributed by atoms with E-state index in [2.05, 4.69) is 126 Å². The molecule has 3 heteroatoms. The molecule has 0 radical (unpaired) electrons. The number of hydrogen-bond donors (Lipinski definition) is 0. The molecule has 4 bridgehead atoms. The van der Waals surface area contributed by atoms with Crippen molar-refractivity contribution < 1.29 is 46.1 Å². The van der Waals surface area contributed by atoms with Crippen LogP contribution in [-0.4, -0.2) is 3.71 Å². The Hall–Kier alpha value is -1.53. The molecule has 0 amide bonds. The predicted molar refractivity (Wildman–Crippen MR) is 198 cm³/mol. The first-order valence-electron chi connectivity index (χ1n) is 18.8. The predicted octanol–water partition coefficient (Wildman–Crippen LogP) is 5.41. The molecular weight excluding hydrogens is 715 g/mol. The van der Waals surface area contributed by atoms with Crippen LogP contribution in [0.4, 0.5) is 0 Å². The Morgan fingerprint density at radius 3 is 1.98 bits per heavy atom. The van der Waals surface area contributed by atoms with Crippen LogP contribution in [0.5, 0.6) is 0 Å². The molecule has 3 aromatic carbocycles. The summed E-state index contributed by atoms with van der Waals surface area (Å²) >= 11 is -2.62. The molecular formula is C46H56Cl2Zr. The summed E-state index contributed by atoms with van der Waals surface area (Å²) in [7, 11) is 0. The monoisotopic (exact) mass is 768 g/mol. The molecule has 0 aromatic heterocycles. The van der Waals surface area contributed by atoms with E-state index < -0.39 is 21.3 Å². The maximum Gasteiger partial charge on any atom is -1.00 e. The summed E-state index contributed by atoms with van der Waals surface area (Å²) in [5.74, 6) is 3.59. The molecule has 49 heavy (non-hydrogen) atoms. The fraction of sp³-hybridized carbons (Fsp3) is 0.500. The van der Waals surface area contributed by atoms with Crippen LogP contribution in [0.25, 0.3) is 11.1 Å². The molecule has 0 spiro atoms. The first-order valence-corrected chi connectivity index (χ1v) is 22.7. The van der Waals surface area contributed by atoms with E-state index in [4.69, 9.17) is 0 Å². The second-order valence-electron chi connectivity index (χ2n) is 18.6. The van der Waals surface area contributed by atoms with Gasteiger partial charge in [0.15, 0.2) is 0 Å². The standard InChI is InChI=1S/C21H25.C18H25.C7H6.2ClH.Zr/c1-20(2,3)16-7-9-18-14(12-16)11-15-13-17(21(4,5)6)8-10-19(15)18;1-12-3-13(2)17(4-12)11-18-8-14-5-15(9-18)7-16(6-14)10-18;1-7-5-3-2-4-6-7;;;/h7-10,12H,11H2,1-6H3;4,12,14-16H,5-11H2,1-2H3;1-6H;2*1H;/q;;;;;+2/p-2. The third kappa shape index (κ3) is 6.78. The van der Waals surface area contributed by atoms with Gasteiger partial charge in [-0.25, -0.2) is 0 Å². The quantitative estimate of drug-likeness (QED) is 0.255. The van der Waals surface area contributed by atoms with Crippen molar-refractivity contribution in [2.45, 2.75) is 118 Å². The number of allylic oxidation sites excluding steroid dienone is 4. The number of halogens is 2. The molecule has 0 nitrogen and oxygen atoms in total. The minimum absolute atomic E-state index is 0. The van der Waals surface area contributed by atoms with E-state index in [1.54, 1.807) is 25.5 Å². The van der Waals surface area contributed by atoms with Crippen LogP contribution < -0.4 is 28.1 Å². The SMILES string of the molecule is CC1=[C](/[Zr+2](=[CH]/c2ccccc2)[c]2c(C(C)(C)C)ccc3c2Cc2cc(C(C)(C)C)ccc2-3)C(C)C=C1CC12CC3CC(CC(C3)C1)C2.[Cl-].[Cl-]. The zero-order chi connectivity index (χ0) is 32.9. The van der Waals surface area contributed by atoms with E-state index in [0.29, 0.717) is 11.3 Å². The molecule has 4 saturated carbocycles. The maximum absolute atomic E-state index is 2.83. The van der Waals surface area contributed by atoms with Crippen molar-refractivity contribution in [1.82, 2.24) is 0 Å². The Labute approximate surface area is 317 Å². The Balaban J connectivity index is 0.00000208.